The molecule has 30 heavy (non-hydrogen) atoms. The van der Waals surface area contributed by atoms with Crippen LogP contribution < -0.4 is 0 Å². The maximum Gasteiger partial charge on any atom is 0.0406 e. The van der Waals surface area contributed by atoms with Crippen molar-refractivity contribution in [1.29, 1.82) is 0 Å². The second-order valence-corrected chi connectivity index (χ2v) is 9.58. The first-order chi connectivity index (χ1) is 14.7. The molecule has 1 aliphatic carbocycles. The SMILES string of the molecule is C[C@H](Cc1ccc(CCC2CCC(c3ccc(Cl)cc3)CC2)cc1)c1ccccc1. The van der Waals surface area contributed by atoms with Crippen molar-refractivity contribution in [1.82, 2.24) is 0 Å². The van der Waals surface area contributed by atoms with Crippen LogP contribution in [0.5, 0.6) is 0 Å². The van der Waals surface area contributed by atoms with Crippen LogP contribution in [0, 0.1) is 5.92 Å². The summed E-state index contributed by atoms with van der Waals surface area (Å²) in [5.41, 5.74) is 5.83. The molecule has 0 bridgehead atoms. The van der Waals surface area contributed by atoms with E-state index in [1.54, 1.807) is 0 Å². The maximum absolute atomic E-state index is 6.04. The minimum Gasteiger partial charge on any atom is -0.0843 e. The van der Waals surface area contributed by atoms with Gasteiger partial charge in [-0.25, -0.2) is 0 Å². The Balaban J connectivity index is 1.22. The molecule has 0 N–H and O–H groups in total. The molecule has 3 aromatic rings. The summed E-state index contributed by atoms with van der Waals surface area (Å²) in [6.07, 6.45) is 9.02. The van der Waals surface area contributed by atoms with E-state index in [1.165, 1.54) is 60.8 Å². The van der Waals surface area contributed by atoms with Crippen LogP contribution in [-0.2, 0) is 12.8 Å². The van der Waals surface area contributed by atoms with Gasteiger partial charge in [-0.05, 0) is 97.1 Å². The highest BCUT2D eigenvalue weighted by Gasteiger charge is 2.22. The minimum atomic E-state index is 0.563. The van der Waals surface area contributed by atoms with Crippen molar-refractivity contribution in [3.63, 3.8) is 0 Å². The third kappa shape index (κ3) is 5.76. The number of aryl methyl sites for hydroxylation is 1. The highest BCUT2D eigenvalue weighted by atomic mass is 35.5. The average Bonchev–Trinajstić information content (AvgIpc) is 2.80. The van der Waals surface area contributed by atoms with Gasteiger partial charge in [-0.1, -0.05) is 85.3 Å². The zero-order chi connectivity index (χ0) is 20.8. The molecule has 1 atom stereocenters. The van der Waals surface area contributed by atoms with E-state index in [1.807, 2.05) is 12.1 Å². The van der Waals surface area contributed by atoms with E-state index in [0.29, 0.717) is 5.92 Å². The second-order valence-electron chi connectivity index (χ2n) is 9.14. The van der Waals surface area contributed by atoms with Crippen molar-refractivity contribution in [3.05, 3.63) is 106 Å². The van der Waals surface area contributed by atoms with Gasteiger partial charge in [0.1, 0.15) is 0 Å². The molecule has 4 rings (SSSR count). The van der Waals surface area contributed by atoms with Gasteiger partial charge in [-0.2, -0.15) is 0 Å². The van der Waals surface area contributed by atoms with Crippen molar-refractivity contribution < 1.29 is 0 Å². The molecule has 0 aliphatic heterocycles. The van der Waals surface area contributed by atoms with Crippen LogP contribution >= 0.6 is 11.6 Å². The van der Waals surface area contributed by atoms with Gasteiger partial charge in [0.25, 0.3) is 0 Å². The van der Waals surface area contributed by atoms with Gasteiger partial charge in [0.05, 0.1) is 0 Å². The summed E-state index contributed by atoms with van der Waals surface area (Å²) in [6.45, 7) is 2.32. The lowest BCUT2D eigenvalue weighted by atomic mass is 9.77. The molecular formula is C29H33Cl. The van der Waals surface area contributed by atoms with Crippen LogP contribution in [-0.4, -0.2) is 0 Å². The predicted molar refractivity (Wildman–Crippen MR) is 129 cm³/mol. The fraction of sp³-hybridized carbons (Fsp3) is 0.379. The summed E-state index contributed by atoms with van der Waals surface area (Å²) in [4.78, 5) is 0. The Morgan fingerprint density at radius 1 is 0.767 bits per heavy atom. The van der Waals surface area contributed by atoms with Crippen molar-refractivity contribution in [2.75, 3.05) is 0 Å². The van der Waals surface area contributed by atoms with Gasteiger partial charge in [0.2, 0.25) is 0 Å². The number of rotatable bonds is 7. The second kappa shape index (κ2) is 10.3. The number of halogens is 1. The van der Waals surface area contributed by atoms with Crippen molar-refractivity contribution in [2.24, 2.45) is 5.92 Å². The van der Waals surface area contributed by atoms with E-state index in [9.17, 15) is 0 Å². The van der Waals surface area contributed by atoms with Crippen LogP contribution in [0.3, 0.4) is 0 Å². The topological polar surface area (TPSA) is 0 Å². The van der Waals surface area contributed by atoms with Gasteiger partial charge < -0.3 is 0 Å². The molecule has 0 amide bonds. The molecule has 1 saturated carbocycles. The van der Waals surface area contributed by atoms with E-state index in [0.717, 1.165) is 23.3 Å². The molecule has 0 nitrogen and oxygen atoms in total. The zero-order valence-corrected chi connectivity index (χ0v) is 18.8. The lowest BCUT2D eigenvalue weighted by Crippen LogP contribution is -2.14. The van der Waals surface area contributed by atoms with Crippen LogP contribution in [0.4, 0.5) is 0 Å². The Labute approximate surface area is 187 Å². The third-order valence-corrected chi connectivity index (χ3v) is 7.21. The smallest absolute Gasteiger partial charge is 0.0406 e. The van der Waals surface area contributed by atoms with Crippen LogP contribution in [0.25, 0.3) is 0 Å². The molecule has 1 fully saturated rings. The van der Waals surface area contributed by atoms with Gasteiger partial charge in [0.15, 0.2) is 0 Å². The monoisotopic (exact) mass is 416 g/mol. The van der Waals surface area contributed by atoms with E-state index in [2.05, 4.69) is 73.7 Å². The predicted octanol–water partition coefficient (Wildman–Crippen LogP) is 8.59. The molecule has 1 heteroatoms. The quantitative estimate of drug-likeness (QED) is 0.361. The lowest BCUT2D eigenvalue weighted by Gasteiger charge is -2.29. The third-order valence-electron chi connectivity index (χ3n) is 6.96. The Morgan fingerprint density at radius 2 is 1.40 bits per heavy atom. The van der Waals surface area contributed by atoms with Gasteiger partial charge in [-0.15, -0.1) is 0 Å². The summed E-state index contributed by atoms with van der Waals surface area (Å²) in [7, 11) is 0. The number of hydrogen-bond donors (Lipinski definition) is 0. The van der Waals surface area contributed by atoms with Crippen LogP contribution in [0.15, 0.2) is 78.9 Å². The molecule has 1 aliphatic rings. The molecular weight excluding hydrogens is 384 g/mol. The molecule has 156 valence electrons. The highest BCUT2D eigenvalue weighted by Crippen LogP contribution is 2.37. The molecule has 0 saturated heterocycles. The summed E-state index contributed by atoms with van der Waals surface area (Å²) >= 11 is 6.04. The van der Waals surface area contributed by atoms with Gasteiger partial charge in [-0.3, -0.25) is 0 Å². The summed E-state index contributed by atoms with van der Waals surface area (Å²) in [5, 5.41) is 0.841. The molecule has 0 aromatic heterocycles. The lowest BCUT2D eigenvalue weighted by molar-refractivity contribution is 0.310. The summed E-state index contributed by atoms with van der Waals surface area (Å²) < 4.78 is 0. The zero-order valence-electron chi connectivity index (χ0n) is 18.1. The summed E-state index contributed by atoms with van der Waals surface area (Å²) in [5.74, 6) is 2.17. The molecule has 0 heterocycles. The Kier molecular flexibility index (Phi) is 7.28. The van der Waals surface area contributed by atoms with E-state index in [-0.39, 0.29) is 0 Å². The van der Waals surface area contributed by atoms with Crippen molar-refractivity contribution in [2.45, 2.75) is 63.7 Å². The fourth-order valence-corrected chi connectivity index (χ4v) is 5.11. The number of hydrogen-bond acceptors (Lipinski definition) is 0. The van der Waals surface area contributed by atoms with Crippen molar-refractivity contribution >= 4 is 11.6 Å². The van der Waals surface area contributed by atoms with Crippen molar-refractivity contribution in [3.8, 4) is 0 Å². The van der Waals surface area contributed by atoms with E-state index < -0.39 is 0 Å². The minimum absolute atomic E-state index is 0.563. The largest absolute Gasteiger partial charge is 0.0843 e. The summed E-state index contributed by atoms with van der Waals surface area (Å²) in [6, 6.07) is 28.7. The molecule has 0 radical (unpaired) electrons. The first-order valence-corrected chi connectivity index (χ1v) is 11.9. The average molecular weight is 417 g/mol. The highest BCUT2D eigenvalue weighted by molar-refractivity contribution is 6.30. The van der Waals surface area contributed by atoms with Gasteiger partial charge in [0, 0.05) is 5.02 Å². The Bertz CT molecular complexity index is 887. The van der Waals surface area contributed by atoms with Crippen LogP contribution in [0.1, 0.15) is 73.1 Å². The fourth-order valence-electron chi connectivity index (χ4n) is 4.99. The van der Waals surface area contributed by atoms with Gasteiger partial charge >= 0.3 is 0 Å². The normalized spacial score (nSPS) is 20.1. The Morgan fingerprint density at radius 3 is 2.07 bits per heavy atom. The van der Waals surface area contributed by atoms with Crippen LogP contribution in [0.2, 0.25) is 5.02 Å². The number of benzene rings is 3. The Hall–Kier alpha value is -2.05. The molecule has 3 aromatic carbocycles. The molecule has 0 unspecified atom stereocenters. The van der Waals surface area contributed by atoms with E-state index >= 15 is 0 Å². The first kappa shape index (κ1) is 21.2. The van der Waals surface area contributed by atoms with E-state index in [4.69, 9.17) is 11.6 Å². The maximum atomic E-state index is 6.04. The standard InChI is InChI=1S/C29H33Cl/c1-22(26-5-3-2-4-6-26)21-25-11-9-23(10-12-25)7-8-24-13-15-27(16-14-24)28-17-19-29(30)20-18-28/h2-6,9-12,17-20,22,24,27H,7-8,13-16,21H2,1H3/t22-,24?,27?/m1/s1. The first-order valence-electron chi connectivity index (χ1n) is 11.6. The molecule has 0 spiro atoms.